The number of H-pyrrole nitrogens is 2. The van der Waals surface area contributed by atoms with Crippen LogP contribution in [0.1, 0.15) is 0 Å². The van der Waals surface area contributed by atoms with E-state index in [9.17, 15) is 0 Å². The van der Waals surface area contributed by atoms with Gasteiger partial charge in [0.1, 0.15) is 5.82 Å². The minimum Gasteiger partial charge on any atom is -0.340 e. The van der Waals surface area contributed by atoms with Gasteiger partial charge in [0, 0.05) is 16.6 Å². The van der Waals surface area contributed by atoms with Gasteiger partial charge in [-0.1, -0.05) is 42.5 Å². The summed E-state index contributed by atoms with van der Waals surface area (Å²) in [7, 11) is 0. The maximum atomic E-state index is 3.40. The molecule has 1 aliphatic heterocycles. The van der Waals surface area contributed by atoms with Gasteiger partial charge in [-0.05, 0) is 23.6 Å². The number of rotatable bonds is 2. The van der Waals surface area contributed by atoms with E-state index >= 15 is 0 Å². The minimum absolute atomic E-state index is 0.998. The summed E-state index contributed by atoms with van der Waals surface area (Å²) < 4.78 is 0. The van der Waals surface area contributed by atoms with Crippen molar-refractivity contribution in [3.63, 3.8) is 0 Å². The van der Waals surface area contributed by atoms with E-state index in [1.807, 2.05) is 18.2 Å². The molecule has 0 amide bonds. The normalized spacial score (nSPS) is 11.2. The molecule has 0 unspecified atom stereocenters. The Labute approximate surface area is 110 Å². The Hall–Kier alpha value is -2.68. The Morgan fingerprint density at radius 1 is 0.789 bits per heavy atom. The quantitative estimate of drug-likeness (QED) is 0.484. The zero-order valence-corrected chi connectivity index (χ0v) is 10.3. The molecule has 1 heterocycles. The monoisotopic (exact) mass is 247 g/mol. The van der Waals surface area contributed by atoms with Crippen molar-refractivity contribution in [2.75, 3.05) is 5.32 Å². The van der Waals surface area contributed by atoms with Gasteiger partial charge in [-0.25, -0.2) is 0 Å². The summed E-state index contributed by atoms with van der Waals surface area (Å²) in [5.74, 6) is 0.998. The number of hydrogen-bond donors (Lipinski definition) is 3. The molecular formula is C16H13N3. The molecule has 0 radical (unpaired) electrons. The van der Waals surface area contributed by atoms with Crippen molar-refractivity contribution in [3.05, 3.63) is 60.7 Å². The van der Waals surface area contributed by atoms with Crippen LogP contribution in [0.15, 0.2) is 60.7 Å². The fourth-order valence-electron chi connectivity index (χ4n) is 2.51. The van der Waals surface area contributed by atoms with Gasteiger partial charge in [0.2, 0.25) is 0 Å². The number of hydrogen-bond acceptors (Lipinski definition) is 1. The molecule has 19 heavy (non-hydrogen) atoms. The van der Waals surface area contributed by atoms with Crippen molar-refractivity contribution in [2.24, 2.45) is 0 Å². The van der Waals surface area contributed by atoms with Crippen molar-refractivity contribution >= 4 is 22.3 Å². The molecule has 2 aromatic carbocycles. The third kappa shape index (κ3) is 1.59. The van der Waals surface area contributed by atoms with Crippen LogP contribution in [0.4, 0.5) is 11.5 Å². The van der Waals surface area contributed by atoms with Crippen LogP contribution in [0.2, 0.25) is 0 Å². The summed E-state index contributed by atoms with van der Waals surface area (Å²) in [6, 6.07) is 20.7. The lowest BCUT2D eigenvalue weighted by atomic mass is 10.2. The van der Waals surface area contributed by atoms with Crippen molar-refractivity contribution < 1.29 is 0 Å². The average Bonchev–Trinajstić information content (AvgIpc) is 3.00. The maximum Gasteiger partial charge on any atom is 0.132 e. The summed E-state index contributed by atoms with van der Waals surface area (Å²) in [4.78, 5) is 0. The molecule has 0 atom stereocenters. The maximum absolute atomic E-state index is 3.40. The highest BCUT2D eigenvalue weighted by atomic mass is 15.2. The number of aromatic amines is 2. The molecule has 0 saturated heterocycles. The first kappa shape index (κ1) is 10.3. The second-order valence-corrected chi connectivity index (χ2v) is 4.64. The molecule has 2 aromatic rings. The molecule has 0 spiro atoms. The number of nitrogens with one attached hydrogen (secondary N) is 3. The van der Waals surface area contributed by atoms with E-state index in [-0.39, 0.29) is 0 Å². The molecule has 0 saturated carbocycles. The Morgan fingerprint density at radius 3 is 2.47 bits per heavy atom. The summed E-state index contributed by atoms with van der Waals surface area (Å²) in [6.07, 6.45) is 0. The molecule has 92 valence electrons. The van der Waals surface area contributed by atoms with Crippen LogP contribution < -0.4 is 5.32 Å². The first-order chi connectivity index (χ1) is 9.42. The molecule has 2 aliphatic rings. The average molecular weight is 247 g/mol. The van der Waals surface area contributed by atoms with Gasteiger partial charge in [-0.3, -0.25) is 10.2 Å². The molecule has 3 heteroatoms. The summed E-state index contributed by atoms with van der Waals surface area (Å²) in [5.41, 5.74) is 3.41. The van der Waals surface area contributed by atoms with Crippen molar-refractivity contribution in [2.45, 2.75) is 0 Å². The van der Waals surface area contributed by atoms with Gasteiger partial charge < -0.3 is 5.32 Å². The molecule has 3 N–H and O–H groups in total. The highest BCUT2D eigenvalue weighted by Gasteiger charge is 2.15. The molecular weight excluding hydrogens is 234 g/mol. The summed E-state index contributed by atoms with van der Waals surface area (Å²) >= 11 is 0. The Morgan fingerprint density at radius 2 is 1.58 bits per heavy atom. The lowest BCUT2D eigenvalue weighted by Gasteiger charge is -2.03. The van der Waals surface area contributed by atoms with E-state index in [0.29, 0.717) is 0 Å². The lowest BCUT2D eigenvalue weighted by Crippen LogP contribution is -1.90. The topological polar surface area (TPSA) is 43.6 Å². The smallest absolute Gasteiger partial charge is 0.132 e. The van der Waals surface area contributed by atoms with Crippen LogP contribution in [0, 0.1) is 0 Å². The fourth-order valence-corrected chi connectivity index (χ4v) is 2.51. The van der Waals surface area contributed by atoms with Crippen LogP contribution >= 0.6 is 0 Å². The number of fused-ring (bicyclic) bond motifs is 3. The Balaban J connectivity index is 1.81. The second-order valence-electron chi connectivity index (χ2n) is 4.64. The SMILES string of the molecule is c1ccc(Nc2[nH][nH]c3c4ccccc4cc2-3)cc1. The van der Waals surface area contributed by atoms with Gasteiger partial charge in [-0.15, -0.1) is 0 Å². The van der Waals surface area contributed by atoms with Crippen LogP contribution in [0.3, 0.4) is 0 Å². The first-order valence-electron chi connectivity index (χ1n) is 6.32. The second kappa shape index (κ2) is 3.92. The van der Waals surface area contributed by atoms with Gasteiger partial charge in [0.15, 0.2) is 0 Å². The van der Waals surface area contributed by atoms with E-state index in [2.05, 4.69) is 58.0 Å². The number of anilines is 2. The largest absolute Gasteiger partial charge is 0.340 e. The van der Waals surface area contributed by atoms with Crippen LogP contribution in [0.25, 0.3) is 22.0 Å². The van der Waals surface area contributed by atoms with Crippen molar-refractivity contribution in [1.82, 2.24) is 10.2 Å². The van der Waals surface area contributed by atoms with Crippen LogP contribution in [0.5, 0.6) is 0 Å². The zero-order valence-electron chi connectivity index (χ0n) is 10.3. The summed E-state index contributed by atoms with van der Waals surface area (Å²) in [5, 5.41) is 12.3. The van der Waals surface area contributed by atoms with E-state index in [1.165, 1.54) is 16.3 Å². The van der Waals surface area contributed by atoms with Gasteiger partial charge in [0.25, 0.3) is 0 Å². The minimum atomic E-state index is 0.998. The van der Waals surface area contributed by atoms with Crippen molar-refractivity contribution in [3.8, 4) is 11.3 Å². The molecule has 1 aliphatic carbocycles. The summed E-state index contributed by atoms with van der Waals surface area (Å²) in [6.45, 7) is 0. The highest BCUT2D eigenvalue weighted by Crippen LogP contribution is 2.37. The van der Waals surface area contributed by atoms with Gasteiger partial charge >= 0.3 is 0 Å². The van der Waals surface area contributed by atoms with E-state index < -0.39 is 0 Å². The molecule has 0 bridgehead atoms. The third-order valence-electron chi connectivity index (χ3n) is 3.42. The molecule has 0 aromatic heterocycles. The third-order valence-corrected chi connectivity index (χ3v) is 3.42. The Kier molecular flexibility index (Phi) is 2.12. The first-order valence-corrected chi connectivity index (χ1v) is 6.32. The number of benzene rings is 2. The molecule has 4 rings (SSSR count). The Bertz CT molecular complexity index is 795. The predicted octanol–water partition coefficient (Wildman–Crippen LogP) is 4.34. The lowest BCUT2D eigenvalue weighted by molar-refractivity contribution is 1.11. The highest BCUT2D eigenvalue weighted by molar-refractivity contribution is 6.04. The van der Waals surface area contributed by atoms with Crippen molar-refractivity contribution in [1.29, 1.82) is 0 Å². The predicted molar refractivity (Wildman–Crippen MR) is 79.0 cm³/mol. The molecule has 0 fully saturated rings. The number of para-hydroxylation sites is 1. The van der Waals surface area contributed by atoms with Gasteiger partial charge in [-0.2, -0.15) is 0 Å². The van der Waals surface area contributed by atoms with E-state index in [0.717, 1.165) is 17.2 Å². The number of aromatic nitrogens is 2. The standard InChI is InChI=1S/C16H13N3/c1-2-7-12(8-3-1)17-16-14-10-11-6-4-5-9-13(11)15(14)18-19-16/h1-10,17-19H. The van der Waals surface area contributed by atoms with Crippen LogP contribution in [-0.4, -0.2) is 10.2 Å². The zero-order chi connectivity index (χ0) is 12.7. The van der Waals surface area contributed by atoms with Crippen LogP contribution in [-0.2, 0) is 0 Å². The molecule has 3 nitrogen and oxygen atoms in total. The fraction of sp³-hybridized carbons (Fsp3) is 0. The van der Waals surface area contributed by atoms with E-state index in [4.69, 9.17) is 0 Å². The van der Waals surface area contributed by atoms with Gasteiger partial charge in [0.05, 0.1) is 5.69 Å². The van der Waals surface area contributed by atoms with E-state index in [1.54, 1.807) is 0 Å².